The topological polar surface area (TPSA) is 66.5 Å². The van der Waals surface area contributed by atoms with Crippen LogP contribution < -0.4 is 4.72 Å². The minimum Gasteiger partial charge on any atom is -0.361 e. The molecule has 0 radical (unpaired) electrons. The molecule has 3 aromatic rings. The third-order valence-corrected chi connectivity index (χ3v) is 6.44. The van der Waals surface area contributed by atoms with E-state index in [1.165, 1.54) is 4.72 Å². The van der Waals surface area contributed by atoms with Gasteiger partial charge in [0.15, 0.2) is 0 Å². The lowest BCUT2D eigenvalue weighted by molar-refractivity contribution is -0.535. The average molecular weight is 364 g/mol. The van der Waals surface area contributed by atoms with E-state index in [0.717, 1.165) is 16.5 Å². The normalized spacial score (nSPS) is 13.3. The second-order valence-electron chi connectivity index (χ2n) is 6.11. The van der Waals surface area contributed by atoms with Crippen LogP contribution in [0.1, 0.15) is 18.1 Å². The lowest BCUT2D eigenvalue weighted by Gasteiger charge is -2.13. The lowest BCUT2D eigenvalue weighted by Crippen LogP contribution is -2.92. The first-order valence-corrected chi connectivity index (χ1v) is 9.71. The van der Waals surface area contributed by atoms with Crippen molar-refractivity contribution in [3.63, 3.8) is 0 Å². The largest absolute Gasteiger partial charge is 0.361 e. The van der Waals surface area contributed by atoms with Gasteiger partial charge in [0.05, 0.1) is 5.02 Å². The molecule has 24 heavy (non-hydrogen) atoms. The molecule has 1 aromatic heterocycles. The predicted octanol–water partition coefficient (Wildman–Crippen LogP) is 3.01. The van der Waals surface area contributed by atoms with Gasteiger partial charge in [-0.1, -0.05) is 41.9 Å². The molecule has 0 aliphatic heterocycles. The van der Waals surface area contributed by atoms with Crippen molar-refractivity contribution in [2.24, 2.45) is 0 Å². The van der Waals surface area contributed by atoms with Gasteiger partial charge in [-0.2, -0.15) is 8.42 Å². The number of quaternary nitrogens is 1. The lowest BCUT2D eigenvalue weighted by atomic mass is 10.1. The Morgan fingerprint density at radius 1 is 1.17 bits per heavy atom. The Morgan fingerprint density at radius 2 is 1.92 bits per heavy atom. The predicted molar refractivity (Wildman–Crippen MR) is 96.8 cm³/mol. The minimum absolute atomic E-state index is 0.134. The smallest absolute Gasteiger partial charge is 0.326 e. The number of H-pyrrole nitrogens is 1. The molecule has 0 saturated heterocycles. The number of nitrogens with one attached hydrogen (secondary N) is 1. The van der Waals surface area contributed by atoms with Gasteiger partial charge in [0.2, 0.25) is 0 Å². The van der Waals surface area contributed by atoms with Crippen LogP contribution in [0.4, 0.5) is 0 Å². The van der Waals surface area contributed by atoms with Crippen LogP contribution in [0.5, 0.6) is 0 Å². The first-order chi connectivity index (χ1) is 11.4. The summed E-state index contributed by atoms with van der Waals surface area (Å²) in [7, 11) is -3.54. The number of primary sulfonamides is 1. The summed E-state index contributed by atoms with van der Waals surface area (Å²) >= 11 is 6.11. The van der Waals surface area contributed by atoms with Crippen LogP contribution in [0, 0.1) is 6.92 Å². The number of rotatable bonds is 5. The Kier molecular flexibility index (Phi) is 4.67. The van der Waals surface area contributed by atoms with E-state index in [9.17, 15) is 8.42 Å². The molecule has 1 heterocycles. The molecule has 0 spiro atoms. The maximum atomic E-state index is 12.7. The second kappa shape index (κ2) is 6.59. The van der Waals surface area contributed by atoms with Crippen LogP contribution >= 0.6 is 11.6 Å². The van der Waals surface area contributed by atoms with Crippen molar-refractivity contribution in [2.75, 3.05) is 0 Å². The molecular formula is C18H20ClN2O2S+. The molecule has 0 aliphatic carbocycles. The summed E-state index contributed by atoms with van der Waals surface area (Å²) in [6.07, 6.45) is 2.59. The summed E-state index contributed by atoms with van der Waals surface area (Å²) in [6, 6.07) is 13.0. The van der Waals surface area contributed by atoms with Crippen LogP contribution in [0.15, 0.2) is 53.6 Å². The highest BCUT2D eigenvalue weighted by Gasteiger charge is 2.26. The molecule has 0 saturated carbocycles. The van der Waals surface area contributed by atoms with E-state index in [0.29, 0.717) is 12.0 Å². The van der Waals surface area contributed by atoms with Crippen molar-refractivity contribution in [2.45, 2.75) is 31.2 Å². The molecule has 4 nitrogen and oxygen atoms in total. The van der Waals surface area contributed by atoms with E-state index in [4.69, 9.17) is 11.6 Å². The van der Waals surface area contributed by atoms with Gasteiger partial charge in [-0.3, -0.25) is 0 Å². The number of fused-ring (bicyclic) bond motifs is 1. The molecule has 0 fully saturated rings. The molecule has 2 aromatic carbocycles. The Morgan fingerprint density at radius 3 is 2.67 bits per heavy atom. The number of aryl methyl sites for hydroxylation is 1. The first-order valence-electron chi connectivity index (χ1n) is 7.78. The van der Waals surface area contributed by atoms with Gasteiger partial charge >= 0.3 is 10.0 Å². The Balaban J connectivity index is 1.83. The molecule has 0 bridgehead atoms. The Bertz CT molecular complexity index is 959. The van der Waals surface area contributed by atoms with Crippen LogP contribution in [-0.2, 0) is 16.4 Å². The van der Waals surface area contributed by atoms with Gasteiger partial charge in [-0.05, 0) is 37.1 Å². The molecule has 3 N–H and O–H groups in total. The van der Waals surface area contributed by atoms with Crippen molar-refractivity contribution in [3.8, 4) is 0 Å². The average Bonchev–Trinajstić information content (AvgIpc) is 2.89. The summed E-state index contributed by atoms with van der Waals surface area (Å²) in [5.41, 5.74) is 2.84. The number of aromatic amines is 1. The van der Waals surface area contributed by atoms with Gasteiger partial charge in [-0.25, -0.2) is 4.72 Å². The number of halogens is 1. The minimum atomic E-state index is -3.54. The zero-order valence-corrected chi connectivity index (χ0v) is 15.2. The fourth-order valence-electron chi connectivity index (χ4n) is 3.05. The highest BCUT2D eigenvalue weighted by atomic mass is 35.5. The van der Waals surface area contributed by atoms with E-state index in [2.05, 4.69) is 4.98 Å². The number of hydrogen-bond donors (Lipinski definition) is 2. The van der Waals surface area contributed by atoms with Gasteiger partial charge in [0.25, 0.3) is 0 Å². The summed E-state index contributed by atoms with van der Waals surface area (Å²) in [5.74, 6) is 0. The first kappa shape index (κ1) is 17.0. The summed E-state index contributed by atoms with van der Waals surface area (Å²) < 4.78 is 26.9. The summed E-state index contributed by atoms with van der Waals surface area (Å²) in [5, 5.41) is 1.40. The van der Waals surface area contributed by atoms with Crippen molar-refractivity contribution in [1.29, 1.82) is 0 Å². The van der Waals surface area contributed by atoms with Crippen molar-refractivity contribution >= 4 is 32.5 Å². The monoisotopic (exact) mass is 363 g/mol. The maximum absolute atomic E-state index is 12.7. The third-order valence-electron chi connectivity index (χ3n) is 4.08. The maximum Gasteiger partial charge on any atom is 0.326 e. The third kappa shape index (κ3) is 3.34. The number of para-hydroxylation sites is 1. The molecule has 6 heteroatoms. The van der Waals surface area contributed by atoms with E-state index >= 15 is 0 Å². The van der Waals surface area contributed by atoms with Crippen molar-refractivity contribution in [1.82, 2.24) is 4.98 Å². The van der Waals surface area contributed by atoms with Crippen LogP contribution in [-0.4, -0.2) is 19.4 Å². The molecule has 0 aliphatic rings. The van der Waals surface area contributed by atoms with Gasteiger partial charge in [0, 0.05) is 23.5 Å². The molecule has 3 rings (SSSR count). The summed E-state index contributed by atoms with van der Waals surface area (Å²) in [4.78, 5) is 3.43. The standard InChI is InChI=1S/C18H19ClN2O2S/c1-12-6-5-8-16(19)18(12)24(22,23)21-13(2)10-14-11-20-17-9-4-3-7-15(14)17/h3-9,11,13,20-21H,10H2,1-2H3/p+1. The molecule has 1 atom stereocenters. The van der Waals surface area contributed by atoms with Crippen molar-refractivity contribution in [3.05, 3.63) is 64.8 Å². The highest BCUT2D eigenvalue weighted by molar-refractivity contribution is 7.85. The van der Waals surface area contributed by atoms with Gasteiger partial charge in [-0.15, -0.1) is 0 Å². The van der Waals surface area contributed by atoms with Crippen LogP contribution in [0.2, 0.25) is 5.02 Å². The van der Waals surface area contributed by atoms with E-state index < -0.39 is 10.0 Å². The number of aromatic nitrogens is 1. The Labute approximate surface area is 146 Å². The zero-order valence-electron chi connectivity index (χ0n) is 13.6. The van der Waals surface area contributed by atoms with Gasteiger partial charge in [0.1, 0.15) is 10.9 Å². The van der Waals surface area contributed by atoms with E-state index in [1.54, 1.807) is 25.1 Å². The van der Waals surface area contributed by atoms with Crippen LogP contribution in [0.25, 0.3) is 10.9 Å². The van der Waals surface area contributed by atoms with Gasteiger partial charge < -0.3 is 4.98 Å². The summed E-state index contributed by atoms with van der Waals surface area (Å²) in [6.45, 7) is 3.67. The van der Waals surface area contributed by atoms with Crippen molar-refractivity contribution < 1.29 is 13.1 Å². The fourth-order valence-corrected chi connectivity index (χ4v) is 5.29. The zero-order chi connectivity index (χ0) is 17.3. The SMILES string of the molecule is Cc1cccc(Cl)c1S(=O)(=O)[NH2+]C(C)Cc1c[nH]c2ccccc12. The van der Waals surface area contributed by atoms with E-state index in [1.807, 2.05) is 37.4 Å². The molecule has 126 valence electrons. The number of hydrogen-bond acceptors (Lipinski definition) is 2. The molecular weight excluding hydrogens is 344 g/mol. The molecule has 1 unspecified atom stereocenters. The fraction of sp³-hybridized carbons (Fsp3) is 0.222. The Hall–Kier alpha value is -1.82. The molecule has 0 amide bonds. The number of benzene rings is 2. The van der Waals surface area contributed by atoms with E-state index in [-0.39, 0.29) is 16.0 Å². The number of sulfonamides is 1. The highest BCUT2D eigenvalue weighted by Crippen LogP contribution is 2.23. The second-order valence-corrected chi connectivity index (χ2v) is 8.29. The number of nitrogens with two attached hydrogens (primary N) is 1. The van der Waals surface area contributed by atoms with Crippen LogP contribution in [0.3, 0.4) is 0 Å². The quantitative estimate of drug-likeness (QED) is 0.731.